The van der Waals surface area contributed by atoms with E-state index in [0.29, 0.717) is 17.5 Å². The third kappa shape index (κ3) is 7.44. The molecule has 1 N–H and O–H groups in total. The first-order chi connectivity index (χ1) is 24.5. The van der Waals surface area contributed by atoms with Gasteiger partial charge in [0.1, 0.15) is 30.5 Å². The molecule has 5 aromatic carbocycles. The topological polar surface area (TPSA) is 96.2 Å². The number of hydrogen-bond donors (Lipinski definition) is 1. The average molecular weight is 690 g/mol. The van der Waals surface area contributed by atoms with Gasteiger partial charge in [0.15, 0.2) is 0 Å². The second-order valence-corrected chi connectivity index (χ2v) is 14.1. The second kappa shape index (κ2) is 15.5. The van der Waals surface area contributed by atoms with Gasteiger partial charge in [0, 0.05) is 5.39 Å². The van der Waals surface area contributed by atoms with E-state index in [9.17, 15) is 13.5 Å². The fourth-order valence-electron chi connectivity index (χ4n) is 6.41. The van der Waals surface area contributed by atoms with Gasteiger partial charge in [0.05, 0.1) is 42.5 Å². The summed E-state index contributed by atoms with van der Waals surface area (Å²) in [5, 5.41) is 12.9. The normalized spacial score (nSPS) is 20.9. The van der Waals surface area contributed by atoms with E-state index in [4.69, 9.17) is 18.9 Å². The summed E-state index contributed by atoms with van der Waals surface area (Å²) in [5.41, 5.74) is 3.62. The summed E-state index contributed by atoms with van der Waals surface area (Å²) in [6.07, 6.45) is -4.82. The van der Waals surface area contributed by atoms with Crippen LogP contribution >= 0.6 is 0 Å². The van der Waals surface area contributed by atoms with Gasteiger partial charge in [-0.05, 0) is 41.0 Å². The van der Waals surface area contributed by atoms with Gasteiger partial charge in [-0.25, -0.2) is 12.4 Å². The SMILES string of the molecule is O=S(=O)(c1ccccc1)n1c([C@@H]2O[C@H](COCc3ccccc3)[C@@H](OCc3ccccc3)[C@H](OCc3ccccc3)[C@@H]2O)cc2ccccc21. The molecule has 256 valence electrons. The summed E-state index contributed by atoms with van der Waals surface area (Å²) >= 11 is 0. The van der Waals surface area contributed by atoms with E-state index >= 15 is 0 Å². The first-order valence-electron chi connectivity index (χ1n) is 16.7. The fourth-order valence-corrected chi connectivity index (χ4v) is 7.99. The quantitative estimate of drug-likeness (QED) is 0.139. The molecule has 1 fully saturated rings. The van der Waals surface area contributed by atoms with Crippen molar-refractivity contribution in [2.45, 2.75) is 55.2 Å². The molecule has 6 aromatic rings. The predicted octanol–water partition coefficient (Wildman–Crippen LogP) is 7.07. The first kappa shape index (κ1) is 33.9. The maximum absolute atomic E-state index is 14.4. The molecule has 1 aromatic heterocycles. The van der Waals surface area contributed by atoms with Gasteiger partial charge in [0.25, 0.3) is 10.0 Å². The lowest BCUT2D eigenvalue weighted by atomic mass is 9.92. The van der Waals surface area contributed by atoms with Crippen LogP contribution in [0, 0.1) is 0 Å². The van der Waals surface area contributed by atoms with E-state index < -0.39 is 40.5 Å². The number of ether oxygens (including phenoxy) is 4. The Balaban J connectivity index is 1.29. The molecule has 1 aliphatic rings. The van der Waals surface area contributed by atoms with Crippen LogP contribution in [0.3, 0.4) is 0 Å². The van der Waals surface area contributed by atoms with Crippen LogP contribution in [-0.4, -0.2) is 48.5 Å². The molecule has 9 heteroatoms. The molecular formula is C41H39NO7S. The molecule has 0 unspecified atom stereocenters. The third-order valence-corrected chi connectivity index (χ3v) is 10.6. The molecule has 2 heterocycles. The van der Waals surface area contributed by atoms with Crippen LogP contribution in [0.15, 0.2) is 157 Å². The minimum Gasteiger partial charge on any atom is -0.387 e. The number of fused-ring (bicyclic) bond motifs is 1. The molecule has 0 radical (unpaired) electrons. The predicted molar refractivity (Wildman–Crippen MR) is 191 cm³/mol. The summed E-state index contributed by atoms with van der Waals surface area (Å²) in [5.74, 6) is 0. The summed E-state index contributed by atoms with van der Waals surface area (Å²) in [7, 11) is -4.11. The Kier molecular flexibility index (Phi) is 10.5. The van der Waals surface area contributed by atoms with E-state index in [2.05, 4.69) is 0 Å². The Hall–Kier alpha value is -4.61. The monoisotopic (exact) mass is 689 g/mol. The lowest BCUT2D eigenvalue weighted by Crippen LogP contribution is -2.57. The molecule has 0 bridgehead atoms. The molecule has 1 saturated heterocycles. The minimum atomic E-state index is -4.11. The summed E-state index contributed by atoms with van der Waals surface area (Å²) in [6, 6.07) is 46.6. The number of hydrogen-bond acceptors (Lipinski definition) is 7. The van der Waals surface area contributed by atoms with Crippen molar-refractivity contribution >= 4 is 20.9 Å². The number of rotatable bonds is 13. The van der Waals surface area contributed by atoms with Crippen LogP contribution in [0.5, 0.6) is 0 Å². The zero-order chi connectivity index (χ0) is 34.3. The van der Waals surface area contributed by atoms with Gasteiger partial charge >= 0.3 is 0 Å². The summed E-state index contributed by atoms with van der Waals surface area (Å²) in [4.78, 5) is 0.122. The number of aliphatic hydroxyl groups excluding tert-OH is 1. The molecule has 1 aliphatic heterocycles. The lowest BCUT2D eigenvalue weighted by molar-refractivity contribution is -0.264. The van der Waals surface area contributed by atoms with Crippen molar-refractivity contribution < 1.29 is 32.5 Å². The molecular weight excluding hydrogens is 651 g/mol. The Labute approximate surface area is 292 Å². The second-order valence-electron chi connectivity index (χ2n) is 12.3. The van der Waals surface area contributed by atoms with Gasteiger partial charge in [-0.2, -0.15) is 0 Å². The van der Waals surface area contributed by atoms with Crippen molar-refractivity contribution in [1.29, 1.82) is 0 Å². The average Bonchev–Trinajstić information content (AvgIpc) is 3.56. The summed E-state index contributed by atoms with van der Waals surface area (Å²) in [6.45, 7) is 0.880. The fraction of sp³-hybridized carbons (Fsp3) is 0.220. The van der Waals surface area contributed by atoms with Crippen molar-refractivity contribution in [2.24, 2.45) is 0 Å². The van der Waals surface area contributed by atoms with Crippen LogP contribution in [-0.2, 0) is 48.8 Å². The highest BCUT2D eigenvalue weighted by atomic mass is 32.2. The van der Waals surface area contributed by atoms with E-state index in [1.165, 1.54) is 3.97 Å². The number of nitrogens with zero attached hydrogens (tertiary/aromatic N) is 1. The first-order valence-corrected chi connectivity index (χ1v) is 18.1. The van der Waals surface area contributed by atoms with Crippen LogP contribution in [0.2, 0.25) is 0 Å². The summed E-state index contributed by atoms with van der Waals surface area (Å²) < 4.78 is 56.1. The van der Waals surface area contributed by atoms with Crippen LogP contribution in [0.1, 0.15) is 28.5 Å². The molecule has 5 atom stereocenters. The van der Waals surface area contributed by atoms with Gasteiger partial charge in [-0.1, -0.05) is 127 Å². The molecule has 8 nitrogen and oxygen atoms in total. The van der Waals surface area contributed by atoms with Crippen molar-refractivity contribution in [3.05, 3.63) is 174 Å². The van der Waals surface area contributed by atoms with E-state index in [1.807, 2.05) is 103 Å². The van der Waals surface area contributed by atoms with Crippen LogP contribution in [0.4, 0.5) is 0 Å². The van der Waals surface area contributed by atoms with Crippen molar-refractivity contribution in [3.63, 3.8) is 0 Å². The largest absolute Gasteiger partial charge is 0.387 e. The van der Waals surface area contributed by atoms with E-state index in [-0.39, 0.29) is 30.4 Å². The van der Waals surface area contributed by atoms with Crippen LogP contribution < -0.4 is 0 Å². The Bertz CT molecular complexity index is 2070. The van der Waals surface area contributed by atoms with Crippen molar-refractivity contribution in [3.8, 4) is 0 Å². The highest BCUT2D eigenvalue weighted by Crippen LogP contribution is 2.40. The number of aliphatic hydroxyl groups is 1. The van der Waals surface area contributed by atoms with E-state index in [1.54, 1.807) is 48.5 Å². The van der Waals surface area contributed by atoms with E-state index in [0.717, 1.165) is 16.7 Å². The van der Waals surface area contributed by atoms with Gasteiger partial charge in [-0.3, -0.25) is 0 Å². The Morgan fingerprint density at radius 1 is 0.620 bits per heavy atom. The number of para-hydroxylation sites is 1. The molecule has 0 spiro atoms. The maximum Gasteiger partial charge on any atom is 0.268 e. The Morgan fingerprint density at radius 3 is 1.72 bits per heavy atom. The highest BCUT2D eigenvalue weighted by Gasteiger charge is 2.49. The molecule has 0 saturated carbocycles. The number of aromatic nitrogens is 1. The molecule has 0 aliphatic carbocycles. The maximum atomic E-state index is 14.4. The van der Waals surface area contributed by atoms with Gasteiger partial charge < -0.3 is 24.1 Å². The zero-order valence-electron chi connectivity index (χ0n) is 27.4. The van der Waals surface area contributed by atoms with Gasteiger partial charge in [-0.15, -0.1) is 0 Å². The third-order valence-electron chi connectivity index (χ3n) is 8.89. The van der Waals surface area contributed by atoms with Crippen LogP contribution in [0.25, 0.3) is 10.9 Å². The standard InChI is InChI=1S/C41H39NO7S/c43-38-39(36-25-33-21-13-14-24-35(33)42(36)50(44,45)34-22-11-4-12-23-34)49-37(29-46-26-30-15-5-1-6-16-30)40(47-27-31-17-7-2-8-18-31)41(38)48-28-32-19-9-3-10-20-32/h1-25,37-41,43H,26-29H2/t37-,38-,39+,40-,41-/m1/s1. The molecule has 0 amide bonds. The number of benzene rings is 5. The Morgan fingerprint density at radius 2 is 1.12 bits per heavy atom. The van der Waals surface area contributed by atoms with Crippen molar-refractivity contribution in [2.75, 3.05) is 6.61 Å². The molecule has 50 heavy (non-hydrogen) atoms. The van der Waals surface area contributed by atoms with Gasteiger partial charge in [0.2, 0.25) is 0 Å². The molecule has 7 rings (SSSR count). The lowest BCUT2D eigenvalue weighted by Gasteiger charge is -2.44. The zero-order valence-corrected chi connectivity index (χ0v) is 28.2. The minimum absolute atomic E-state index is 0.106. The van der Waals surface area contributed by atoms with Crippen molar-refractivity contribution in [1.82, 2.24) is 3.97 Å². The smallest absolute Gasteiger partial charge is 0.268 e. The highest BCUT2D eigenvalue weighted by molar-refractivity contribution is 7.90.